The summed E-state index contributed by atoms with van der Waals surface area (Å²) in [7, 11) is 0. The Kier molecular flexibility index (Phi) is 1.38. The topological polar surface area (TPSA) is 9.23 Å². The average Bonchev–Trinajstić information content (AvgIpc) is 2.39. The van der Waals surface area contributed by atoms with E-state index in [1.807, 2.05) is 0 Å². The second-order valence-electron chi connectivity index (χ2n) is 3.50. The fourth-order valence-electron chi connectivity index (χ4n) is 1.94. The Hall–Kier alpha value is -0.510. The molecule has 0 aromatic carbocycles. The summed E-state index contributed by atoms with van der Waals surface area (Å²) >= 11 is 0. The van der Waals surface area contributed by atoms with E-state index in [4.69, 9.17) is 4.74 Å². The normalized spacial score (nSPS) is 40.3. The summed E-state index contributed by atoms with van der Waals surface area (Å²) in [6.07, 6.45) is -2.10. The molecule has 0 amide bonds. The molecule has 2 unspecified atom stereocenters. The van der Waals surface area contributed by atoms with Gasteiger partial charge in [-0.3, -0.25) is 0 Å². The summed E-state index contributed by atoms with van der Waals surface area (Å²) in [6, 6.07) is 0. The maximum atomic E-state index is 12.3. The molecule has 0 saturated carbocycles. The molecule has 0 aliphatic carbocycles. The van der Waals surface area contributed by atoms with Gasteiger partial charge in [0.25, 0.3) is 0 Å². The number of hydrogen-bond acceptors (Lipinski definition) is 1. The SMILES string of the molecule is CC12CCC(C=C1C(F)(F)F)O2. The van der Waals surface area contributed by atoms with Gasteiger partial charge in [0.1, 0.15) is 0 Å². The Morgan fingerprint density at radius 1 is 1.58 bits per heavy atom. The third kappa shape index (κ3) is 0.975. The van der Waals surface area contributed by atoms with Gasteiger partial charge in [0.05, 0.1) is 17.3 Å². The second kappa shape index (κ2) is 2.05. The van der Waals surface area contributed by atoms with Crippen LogP contribution in [-0.4, -0.2) is 17.9 Å². The molecule has 0 radical (unpaired) electrons. The lowest BCUT2D eigenvalue weighted by Crippen LogP contribution is -2.32. The maximum Gasteiger partial charge on any atom is 0.415 e. The average molecular weight is 178 g/mol. The van der Waals surface area contributed by atoms with Crippen LogP contribution in [0.4, 0.5) is 13.2 Å². The van der Waals surface area contributed by atoms with E-state index >= 15 is 0 Å². The molecule has 68 valence electrons. The molecular formula is C8H9F3O. The van der Waals surface area contributed by atoms with E-state index in [1.165, 1.54) is 13.0 Å². The third-order valence-corrected chi connectivity index (χ3v) is 2.55. The first-order valence-corrected chi connectivity index (χ1v) is 3.89. The van der Waals surface area contributed by atoms with Gasteiger partial charge in [-0.15, -0.1) is 0 Å². The number of halogens is 3. The molecule has 0 aromatic rings. The predicted molar refractivity (Wildman–Crippen MR) is 36.7 cm³/mol. The van der Waals surface area contributed by atoms with Crippen molar-refractivity contribution in [3.63, 3.8) is 0 Å². The highest BCUT2D eigenvalue weighted by atomic mass is 19.4. The Morgan fingerprint density at radius 2 is 2.25 bits per heavy atom. The van der Waals surface area contributed by atoms with E-state index in [0.717, 1.165) is 6.42 Å². The van der Waals surface area contributed by atoms with E-state index in [9.17, 15) is 13.2 Å². The van der Waals surface area contributed by atoms with Gasteiger partial charge in [0, 0.05) is 0 Å². The Balaban J connectivity index is 2.34. The van der Waals surface area contributed by atoms with Gasteiger partial charge in [0.15, 0.2) is 0 Å². The quantitative estimate of drug-likeness (QED) is 0.517. The van der Waals surface area contributed by atoms with Crippen molar-refractivity contribution in [3.05, 3.63) is 11.6 Å². The van der Waals surface area contributed by atoms with Crippen molar-refractivity contribution in [1.82, 2.24) is 0 Å². The first-order chi connectivity index (χ1) is 5.42. The Morgan fingerprint density at radius 3 is 2.50 bits per heavy atom. The van der Waals surface area contributed by atoms with Crippen LogP contribution in [0.2, 0.25) is 0 Å². The molecule has 1 nitrogen and oxygen atoms in total. The molecule has 0 aromatic heterocycles. The van der Waals surface area contributed by atoms with Crippen molar-refractivity contribution in [2.75, 3.05) is 0 Å². The Labute approximate surface area is 68.2 Å². The first kappa shape index (κ1) is 8.10. The van der Waals surface area contributed by atoms with Crippen molar-refractivity contribution >= 4 is 0 Å². The summed E-state index contributed by atoms with van der Waals surface area (Å²) in [5, 5.41) is 0. The molecule has 1 saturated heterocycles. The van der Waals surface area contributed by atoms with Gasteiger partial charge in [-0.05, 0) is 25.8 Å². The minimum Gasteiger partial charge on any atom is -0.363 e. The molecular weight excluding hydrogens is 169 g/mol. The lowest BCUT2D eigenvalue weighted by atomic mass is 9.88. The van der Waals surface area contributed by atoms with Crippen LogP contribution in [0.15, 0.2) is 11.6 Å². The summed E-state index contributed by atoms with van der Waals surface area (Å²) in [6.45, 7) is 1.51. The molecule has 0 N–H and O–H groups in total. The van der Waals surface area contributed by atoms with Gasteiger partial charge in [-0.2, -0.15) is 13.2 Å². The van der Waals surface area contributed by atoms with Gasteiger partial charge in [0.2, 0.25) is 0 Å². The second-order valence-corrected chi connectivity index (χ2v) is 3.50. The lowest BCUT2D eigenvalue weighted by Gasteiger charge is -2.24. The lowest BCUT2D eigenvalue weighted by molar-refractivity contribution is -0.115. The fraction of sp³-hybridized carbons (Fsp3) is 0.750. The molecule has 4 heteroatoms. The highest BCUT2D eigenvalue weighted by molar-refractivity contribution is 5.30. The number of fused-ring (bicyclic) bond motifs is 2. The van der Waals surface area contributed by atoms with Crippen LogP contribution in [-0.2, 0) is 4.74 Å². The van der Waals surface area contributed by atoms with Crippen molar-refractivity contribution in [1.29, 1.82) is 0 Å². The summed E-state index contributed by atoms with van der Waals surface area (Å²) < 4.78 is 42.1. The maximum absolute atomic E-state index is 12.3. The van der Waals surface area contributed by atoms with Crippen LogP contribution in [0.3, 0.4) is 0 Å². The van der Waals surface area contributed by atoms with Crippen LogP contribution in [0.5, 0.6) is 0 Å². The summed E-state index contributed by atoms with van der Waals surface area (Å²) in [5.41, 5.74) is -1.55. The third-order valence-electron chi connectivity index (χ3n) is 2.55. The highest BCUT2D eigenvalue weighted by Crippen LogP contribution is 2.49. The van der Waals surface area contributed by atoms with Crippen molar-refractivity contribution in [2.45, 2.75) is 37.6 Å². The fourth-order valence-corrected chi connectivity index (χ4v) is 1.94. The summed E-state index contributed by atoms with van der Waals surface area (Å²) in [5.74, 6) is 0. The van der Waals surface area contributed by atoms with E-state index in [1.54, 1.807) is 0 Å². The van der Waals surface area contributed by atoms with Crippen LogP contribution in [0.1, 0.15) is 19.8 Å². The first-order valence-electron chi connectivity index (χ1n) is 3.89. The highest BCUT2D eigenvalue weighted by Gasteiger charge is 2.54. The molecule has 2 rings (SSSR count). The molecule has 2 bridgehead atoms. The molecule has 2 atom stereocenters. The standard InChI is InChI=1S/C8H9F3O/c1-7-3-2-5(12-7)4-6(7)8(9,10)11/h4-5H,2-3H2,1H3. The molecule has 2 heterocycles. The van der Waals surface area contributed by atoms with E-state index < -0.39 is 17.4 Å². The van der Waals surface area contributed by atoms with E-state index in [0.29, 0.717) is 6.42 Å². The van der Waals surface area contributed by atoms with Gasteiger partial charge in [-0.1, -0.05) is 0 Å². The number of hydrogen-bond donors (Lipinski definition) is 0. The van der Waals surface area contributed by atoms with Gasteiger partial charge in [-0.25, -0.2) is 0 Å². The van der Waals surface area contributed by atoms with Gasteiger partial charge >= 0.3 is 6.18 Å². The zero-order valence-electron chi connectivity index (χ0n) is 6.61. The smallest absolute Gasteiger partial charge is 0.363 e. The van der Waals surface area contributed by atoms with Crippen LogP contribution >= 0.6 is 0 Å². The minimum atomic E-state index is -4.22. The predicted octanol–water partition coefficient (Wildman–Crippen LogP) is 2.43. The summed E-state index contributed by atoms with van der Waals surface area (Å²) in [4.78, 5) is 0. The molecule has 12 heavy (non-hydrogen) atoms. The van der Waals surface area contributed by atoms with Crippen molar-refractivity contribution in [2.24, 2.45) is 0 Å². The molecule has 2 aliphatic heterocycles. The van der Waals surface area contributed by atoms with Crippen LogP contribution in [0, 0.1) is 0 Å². The van der Waals surface area contributed by atoms with Crippen molar-refractivity contribution in [3.8, 4) is 0 Å². The monoisotopic (exact) mass is 178 g/mol. The van der Waals surface area contributed by atoms with E-state index in [2.05, 4.69) is 0 Å². The largest absolute Gasteiger partial charge is 0.415 e. The zero-order valence-corrected chi connectivity index (χ0v) is 6.61. The molecule has 2 aliphatic rings. The number of rotatable bonds is 0. The number of alkyl halides is 3. The van der Waals surface area contributed by atoms with Gasteiger partial charge < -0.3 is 4.74 Å². The van der Waals surface area contributed by atoms with Crippen molar-refractivity contribution < 1.29 is 17.9 Å². The minimum absolute atomic E-state index is 0.299. The number of ether oxygens (including phenoxy) is 1. The molecule has 0 spiro atoms. The Bertz CT molecular complexity index is 243. The van der Waals surface area contributed by atoms with Crippen LogP contribution in [0.25, 0.3) is 0 Å². The van der Waals surface area contributed by atoms with Crippen LogP contribution < -0.4 is 0 Å². The zero-order chi connectivity index (χ0) is 8.98. The van der Waals surface area contributed by atoms with E-state index in [-0.39, 0.29) is 6.10 Å². The molecule has 1 fully saturated rings.